The Bertz CT molecular complexity index is 776. The van der Waals surface area contributed by atoms with Crippen molar-refractivity contribution in [2.75, 3.05) is 16.4 Å². The molecule has 0 N–H and O–H groups in total. The van der Waals surface area contributed by atoms with E-state index in [1.807, 2.05) is 24.0 Å². The molecule has 1 amide bonds. The maximum atomic E-state index is 11.9. The molecule has 0 unspecified atom stereocenters. The lowest BCUT2D eigenvalue weighted by atomic mass is 10.1. The number of aliphatic imine (C=N–C) groups is 1. The highest BCUT2D eigenvalue weighted by atomic mass is 35.5. The van der Waals surface area contributed by atoms with Crippen molar-refractivity contribution in [3.8, 4) is 0 Å². The zero-order valence-electron chi connectivity index (χ0n) is 12.1. The molecule has 0 bridgehead atoms. The molecule has 8 heteroatoms. The summed E-state index contributed by atoms with van der Waals surface area (Å²) in [6.45, 7) is 3.29. The molecule has 0 radical (unpaired) electrons. The molecule has 1 aromatic carbocycles. The highest BCUT2D eigenvalue weighted by molar-refractivity contribution is 8.16. The monoisotopic (exact) mass is 358 g/mol. The Morgan fingerprint density at radius 1 is 1.41 bits per heavy atom. The second-order valence-corrected chi connectivity index (χ2v) is 9.28. The molecule has 118 valence electrons. The van der Waals surface area contributed by atoms with Crippen molar-refractivity contribution in [3.63, 3.8) is 0 Å². The minimum atomic E-state index is -3.05. The molecule has 2 heterocycles. The number of aryl methyl sites for hydroxylation is 1. The number of sulfone groups is 1. The van der Waals surface area contributed by atoms with Gasteiger partial charge in [-0.1, -0.05) is 29.4 Å². The third-order valence-electron chi connectivity index (χ3n) is 3.75. The van der Waals surface area contributed by atoms with Gasteiger partial charge in [-0.25, -0.2) is 8.42 Å². The third kappa shape index (κ3) is 2.89. The fourth-order valence-corrected chi connectivity index (χ4v) is 6.87. The van der Waals surface area contributed by atoms with Crippen LogP contribution in [0.1, 0.15) is 12.5 Å². The van der Waals surface area contributed by atoms with Crippen LogP contribution in [0.5, 0.6) is 0 Å². The first kappa shape index (κ1) is 15.8. The fraction of sp³-hybridized carbons (Fsp3) is 0.429. The van der Waals surface area contributed by atoms with Crippen LogP contribution in [0.25, 0.3) is 0 Å². The zero-order chi connectivity index (χ0) is 16.1. The number of nitrogens with zero attached hydrogens (tertiary/aromatic N) is 2. The summed E-state index contributed by atoms with van der Waals surface area (Å²) in [7, 11) is -3.05. The minimum Gasteiger partial charge on any atom is -0.316 e. The van der Waals surface area contributed by atoms with Gasteiger partial charge in [-0.05, 0) is 24.6 Å². The van der Waals surface area contributed by atoms with Crippen molar-refractivity contribution in [1.29, 1.82) is 0 Å². The molecule has 2 aliphatic rings. The maximum Gasteiger partial charge on any atom is 0.244 e. The maximum absolute atomic E-state index is 11.9. The van der Waals surface area contributed by atoms with Gasteiger partial charge in [-0.15, -0.1) is 0 Å². The van der Waals surface area contributed by atoms with Crippen molar-refractivity contribution in [3.05, 3.63) is 28.8 Å². The molecular formula is C14H15ClN2O3S2. The first-order valence-corrected chi connectivity index (χ1v) is 9.86. The molecule has 0 spiro atoms. The molecule has 0 aromatic heterocycles. The van der Waals surface area contributed by atoms with Crippen LogP contribution >= 0.6 is 23.4 Å². The number of rotatable bonds is 1. The van der Waals surface area contributed by atoms with Crippen LogP contribution in [0.3, 0.4) is 0 Å². The summed E-state index contributed by atoms with van der Waals surface area (Å²) in [5.74, 6) is -0.101. The summed E-state index contributed by atoms with van der Waals surface area (Å²) in [6, 6.07) is 5.35. The summed E-state index contributed by atoms with van der Waals surface area (Å²) >= 11 is 7.54. The second-order valence-electron chi connectivity index (χ2n) is 5.52. The summed E-state index contributed by atoms with van der Waals surface area (Å²) in [4.78, 5) is 17.3. The SMILES string of the molecule is CC(=O)N=C1S[C@@H]2CS(=O)(=O)C[C@H]2N1c1ccc(C)c(Cl)c1. The van der Waals surface area contributed by atoms with Crippen molar-refractivity contribution >= 4 is 50.0 Å². The lowest BCUT2D eigenvalue weighted by Gasteiger charge is -2.24. The molecule has 5 nitrogen and oxygen atoms in total. The largest absolute Gasteiger partial charge is 0.316 e. The number of carbonyl (C=O) groups is 1. The summed E-state index contributed by atoms with van der Waals surface area (Å²) in [6.07, 6.45) is 0. The first-order chi connectivity index (χ1) is 10.3. The predicted octanol–water partition coefficient (Wildman–Crippen LogP) is 2.27. The molecule has 2 saturated heterocycles. The average Bonchev–Trinajstić information content (AvgIpc) is 2.83. The number of hydrogen-bond donors (Lipinski definition) is 0. The van der Waals surface area contributed by atoms with Crippen LogP contribution in [0, 0.1) is 6.92 Å². The highest BCUT2D eigenvalue weighted by Gasteiger charge is 2.49. The molecule has 0 saturated carbocycles. The average molecular weight is 359 g/mol. The number of amides is 1. The number of hydrogen-bond acceptors (Lipinski definition) is 4. The predicted molar refractivity (Wildman–Crippen MR) is 90.6 cm³/mol. The molecule has 2 aliphatic heterocycles. The van der Waals surface area contributed by atoms with E-state index in [9.17, 15) is 13.2 Å². The van der Waals surface area contributed by atoms with Crippen LogP contribution in [-0.4, -0.2) is 42.3 Å². The number of amidine groups is 1. The van der Waals surface area contributed by atoms with Crippen LogP contribution < -0.4 is 4.90 Å². The van der Waals surface area contributed by atoms with Crippen LogP contribution in [0.2, 0.25) is 5.02 Å². The Morgan fingerprint density at radius 3 is 2.77 bits per heavy atom. The van der Waals surface area contributed by atoms with Crippen molar-refractivity contribution < 1.29 is 13.2 Å². The van der Waals surface area contributed by atoms with Gasteiger partial charge >= 0.3 is 0 Å². The van der Waals surface area contributed by atoms with E-state index in [1.165, 1.54) is 18.7 Å². The quantitative estimate of drug-likeness (QED) is 0.770. The van der Waals surface area contributed by atoms with E-state index >= 15 is 0 Å². The lowest BCUT2D eigenvalue weighted by molar-refractivity contribution is -0.115. The number of halogens is 1. The van der Waals surface area contributed by atoms with Gasteiger partial charge in [-0.2, -0.15) is 4.99 Å². The van der Waals surface area contributed by atoms with Crippen LogP contribution in [-0.2, 0) is 14.6 Å². The third-order valence-corrected chi connectivity index (χ3v) is 7.37. The van der Waals surface area contributed by atoms with Crippen molar-refractivity contribution in [2.45, 2.75) is 25.1 Å². The smallest absolute Gasteiger partial charge is 0.244 e. The number of thioether (sulfide) groups is 1. The van der Waals surface area contributed by atoms with E-state index in [0.29, 0.717) is 10.2 Å². The van der Waals surface area contributed by atoms with Gasteiger partial charge in [0.2, 0.25) is 5.91 Å². The summed E-state index contributed by atoms with van der Waals surface area (Å²) in [5, 5.41) is 1.06. The van der Waals surface area contributed by atoms with Crippen LogP contribution in [0.15, 0.2) is 23.2 Å². The number of anilines is 1. The molecule has 2 fully saturated rings. The van der Waals surface area contributed by atoms with Gasteiger partial charge in [0.1, 0.15) is 0 Å². The number of fused-ring (bicyclic) bond motifs is 1. The molecule has 1 aromatic rings. The van der Waals surface area contributed by atoms with Gasteiger partial charge < -0.3 is 4.90 Å². The Kier molecular flexibility index (Phi) is 3.99. The Labute approximate surface area is 138 Å². The van der Waals surface area contributed by atoms with Crippen LogP contribution in [0.4, 0.5) is 5.69 Å². The van der Waals surface area contributed by atoms with Crippen molar-refractivity contribution in [1.82, 2.24) is 0 Å². The Balaban J connectivity index is 2.06. The number of carbonyl (C=O) groups excluding carboxylic acids is 1. The van der Waals surface area contributed by atoms with E-state index in [4.69, 9.17) is 11.6 Å². The van der Waals surface area contributed by atoms with Gasteiger partial charge in [0.25, 0.3) is 0 Å². The second kappa shape index (κ2) is 5.54. The number of benzene rings is 1. The molecular weight excluding hydrogens is 344 g/mol. The van der Waals surface area contributed by atoms with E-state index in [1.54, 1.807) is 6.07 Å². The molecule has 0 aliphatic carbocycles. The van der Waals surface area contributed by atoms with Gasteiger partial charge in [0, 0.05) is 22.9 Å². The highest BCUT2D eigenvalue weighted by Crippen LogP contribution is 2.41. The van der Waals surface area contributed by atoms with E-state index in [0.717, 1.165) is 11.3 Å². The topological polar surface area (TPSA) is 66.8 Å². The summed E-state index contributed by atoms with van der Waals surface area (Å²) < 4.78 is 23.8. The van der Waals surface area contributed by atoms with E-state index in [2.05, 4.69) is 4.99 Å². The van der Waals surface area contributed by atoms with Gasteiger partial charge in [0.15, 0.2) is 15.0 Å². The molecule has 22 heavy (non-hydrogen) atoms. The fourth-order valence-electron chi connectivity index (χ4n) is 2.73. The van der Waals surface area contributed by atoms with E-state index < -0.39 is 9.84 Å². The standard InChI is InChI=1S/C14H15ClN2O3S2/c1-8-3-4-10(5-11(8)15)17-12-6-22(19,20)7-13(12)21-14(17)16-9(2)18/h3-5,12-13H,6-7H2,1-2H3/t12-,13-/m1/s1. The first-order valence-electron chi connectivity index (χ1n) is 6.78. The van der Waals surface area contributed by atoms with Crippen molar-refractivity contribution in [2.24, 2.45) is 4.99 Å². The van der Waals surface area contributed by atoms with Gasteiger partial charge in [0.05, 0.1) is 17.5 Å². The zero-order valence-corrected chi connectivity index (χ0v) is 14.5. The Morgan fingerprint density at radius 2 is 2.14 bits per heavy atom. The summed E-state index contributed by atoms with van der Waals surface area (Å²) in [5.41, 5.74) is 1.71. The molecule has 2 atom stereocenters. The molecule has 3 rings (SSSR count). The minimum absolute atomic E-state index is 0.0765. The normalized spacial score (nSPS) is 28.1. The van der Waals surface area contributed by atoms with E-state index in [-0.39, 0.29) is 28.7 Å². The lowest BCUT2D eigenvalue weighted by Crippen LogP contribution is -2.37. The van der Waals surface area contributed by atoms with Gasteiger partial charge in [-0.3, -0.25) is 4.79 Å². The Hall–Kier alpha value is -1.05.